The molecule has 114 valence electrons. The lowest BCUT2D eigenvalue weighted by Crippen LogP contribution is -2.54. The largest absolute Gasteiger partial charge is 0.480 e. The molecule has 0 fully saturated rings. The summed E-state index contributed by atoms with van der Waals surface area (Å²) in [7, 11) is 0. The Morgan fingerprint density at radius 1 is 1.05 bits per heavy atom. The van der Waals surface area contributed by atoms with E-state index in [0.717, 1.165) is 0 Å². The Hall–Kier alpha value is -2.12. The lowest BCUT2D eigenvalue weighted by atomic mass is 9.96. The predicted octanol–water partition coefficient (Wildman–Crippen LogP) is -1.00. The van der Waals surface area contributed by atoms with Crippen LogP contribution in [0.3, 0.4) is 0 Å². The number of rotatable bonds is 8. The van der Waals surface area contributed by atoms with Crippen LogP contribution in [-0.2, 0) is 19.2 Å². The zero-order chi connectivity index (χ0) is 15.8. The lowest BCUT2D eigenvalue weighted by Gasteiger charge is -2.25. The monoisotopic (exact) mass is 287 g/mol. The molecule has 8 heteroatoms. The van der Waals surface area contributed by atoms with Gasteiger partial charge < -0.3 is 21.1 Å². The zero-order valence-corrected chi connectivity index (χ0v) is 11.9. The average molecular weight is 287 g/mol. The van der Waals surface area contributed by atoms with Crippen molar-refractivity contribution in [2.45, 2.75) is 39.2 Å². The van der Waals surface area contributed by atoms with Gasteiger partial charge in [-0.2, -0.15) is 0 Å². The average Bonchev–Trinajstić information content (AvgIpc) is 2.33. The molecule has 4 N–H and O–H groups in total. The van der Waals surface area contributed by atoms with Crippen molar-refractivity contribution in [3.8, 4) is 0 Å². The maximum Gasteiger partial charge on any atom is 0.329 e. The molecule has 1 atom stereocenters. The van der Waals surface area contributed by atoms with Gasteiger partial charge in [-0.25, -0.2) is 4.79 Å². The third kappa shape index (κ3) is 6.72. The number of carbonyl (C=O) groups excluding carboxylic acids is 3. The van der Waals surface area contributed by atoms with E-state index in [1.165, 1.54) is 13.8 Å². The van der Waals surface area contributed by atoms with Gasteiger partial charge in [0, 0.05) is 6.92 Å². The first-order valence-corrected chi connectivity index (χ1v) is 6.26. The van der Waals surface area contributed by atoms with Crippen molar-refractivity contribution in [3.05, 3.63) is 0 Å². The molecule has 0 radical (unpaired) electrons. The van der Waals surface area contributed by atoms with Crippen LogP contribution in [-0.4, -0.2) is 47.4 Å². The number of amides is 3. The van der Waals surface area contributed by atoms with Crippen molar-refractivity contribution in [2.75, 3.05) is 13.1 Å². The highest BCUT2D eigenvalue weighted by Crippen LogP contribution is 2.12. The van der Waals surface area contributed by atoms with E-state index in [1.54, 1.807) is 0 Å². The van der Waals surface area contributed by atoms with E-state index >= 15 is 0 Å². The summed E-state index contributed by atoms with van der Waals surface area (Å²) in [6.45, 7) is 3.92. The minimum atomic E-state index is -1.35. The van der Waals surface area contributed by atoms with Gasteiger partial charge in [0.25, 0.3) is 0 Å². The van der Waals surface area contributed by atoms with Crippen LogP contribution < -0.4 is 16.0 Å². The Morgan fingerprint density at radius 3 is 2.05 bits per heavy atom. The number of carbonyl (C=O) groups is 4. The molecule has 0 aromatic carbocycles. The quantitative estimate of drug-likeness (QED) is 0.455. The summed E-state index contributed by atoms with van der Waals surface area (Å²) in [5, 5.41) is 16.0. The van der Waals surface area contributed by atoms with E-state index in [9.17, 15) is 19.2 Å². The molecular weight excluding hydrogens is 266 g/mol. The van der Waals surface area contributed by atoms with Gasteiger partial charge >= 0.3 is 5.97 Å². The van der Waals surface area contributed by atoms with Gasteiger partial charge in [-0.05, 0) is 13.3 Å². The van der Waals surface area contributed by atoms with E-state index < -0.39 is 23.3 Å². The predicted molar refractivity (Wildman–Crippen MR) is 70.8 cm³/mol. The standard InChI is InChI=1S/C12H21N3O5/c1-4-5-12(3,11(19)20)15-10(18)7-14-9(17)6-13-8(2)16/h4-7H2,1-3H3,(H,13,16)(H,14,17)(H,15,18)(H,19,20). The van der Waals surface area contributed by atoms with Crippen LogP contribution in [0, 0.1) is 0 Å². The van der Waals surface area contributed by atoms with Crippen molar-refractivity contribution in [1.82, 2.24) is 16.0 Å². The zero-order valence-electron chi connectivity index (χ0n) is 11.9. The van der Waals surface area contributed by atoms with Crippen molar-refractivity contribution >= 4 is 23.7 Å². The molecule has 0 saturated carbocycles. The first-order chi connectivity index (χ1) is 9.21. The van der Waals surface area contributed by atoms with Crippen molar-refractivity contribution in [1.29, 1.82) is 0 Å². The van der Waals surface area contributed by atoms with E-state index in [0.29, 0.717) is 6.42 Å². The SMILES string of the molecule is CCCC(C)(NC(=O)CNC(=O)CNC(C)=O)C(=O)O. The number of hydrogen-bond acceptors (Lipinski definition) is 4. The van der Waals surface area contributed by atoms with Gasteiger partial charge in [0.1, 0.15) is 5.54 Å². The second-order valence-corrected chi connectivity index (χ2v) is 4.62. The second kappa shape index (κ2) is 8.13. The molecule has 1 unspecified atom stereocenters. The molecule has 0 aliphatic rings. The molecule has 0 spiro atoms. The van der Waals surface area contributed by atoms with Crippen molar-refractivity contribution in [3.63, 3.8) is 0 Å². The van der Waals surface area contributed by atoms with Gasteiger partial charge in [0.15, 0.2) is 0 Å². The molecule has 0 heterocycles. The number of carboxylic acids is 1. The Kier molecular flexibility index (Phi) is 7.27. The summed E-state index contributed by atoms with van der Waals surface area (Å²) in [6.07, 6.45) is 0.881. The van der Waals surface area contributed by atoms with Crippen LogP contribution in [0.5, 0.6) is 0 Å². The molecule has 0 aromatic heterocycles. The third-order valence-corrected chi connectivity index (χ3v) is 2.58. The van der Waals surface area contributed by atoms with Crippen LogP contribution in [0.2, 0.25) is 0 Å². The van der Waals surface area contributed by atoms with Crippen LogP contribution in [0.1, 0.15) is 33.6 Å². The molecule has 3 amide bonds. The molecule has 0 aromatic rings. The molecule has 0 rings (SSSR count). The van der Waals surface area contributed by atoms with Gasteiger partial charge in [-0.15, -0.1) is 0 Å². The van der Waals surface area contributed by atoms with Gasteiger partial charge in [0.2, 0.25) is 17.7 Å². The fourth-order valence-corrected chi connectivity index (χ4v) is 1.52. The normalized spacial score (nSPS) is 12.9. The van der Waals surface area contributed by atoms with Gasteiger partial charge in [0.05, 0.1) is 13.1 Å². The van der Waals surface area contributed by atoms with E-state index in [2.05, 4.69) is 16.0 Å². The molecule has 0 bridgehead atoms. The number of carboxylic acid groups (broad SMARTS) is 1. The fourth-order valence-electron chi connectivity index (χ4n) is 1.52. The minimum absolute atomic E-state index is 0.228. The van der Waals surface area contributed by atoms with E-state index in [-0.39, 0.29) is 25.4 Å². The Morgan fingerprint density at radius 2 is 1.60 bits per heavy atom. The summed E-state index contributed by atoms with van der Waals surface area (Å²) >= 11 is 0. The van der Waals surface area contributed by atoms with Crippen LogP contribution in [0.15, 0.2) is 0 Å². The maximum absolute atomic E-state index is 11.6. The molecule has 20 heavy (non-hydrogen) atoms. The molecular formula is C12H21N3O5. The topological polar surface area (TPSA) is 125 Å². The summed E-state index contributed by atoms with van der Waals surface area (Å²) in [5.41, 5.74) is -1.35. The number of aliphatic carboxylic acids is 1. The van der Waals surface area contributed by atoms with Crippen molar-refractivity contribution < 1.29 is 24.3 Å². The summed E-state index contributed by atoms with van der Waals surface area (Å²) in [5.74, 6) is -2.61. The Balaban J connectivity index is 4.24. The second-order valence-electron chi connectivity index (χ2n) is 4.62. The highest BCUT2D eigenvalue weighted by Gasteiger charge is 2.33. The van der Waals surface area contributed by atoms with Gasteiger partial charge in [-0.1, -0.05) is 13.3 Å². The Bertz CT molecular complexity index is 397. The van der Waals surface area contributed by atoms with Gasteiger partial charge in [-0.3, -0.25) is 14.4 Å². The summed E-state index contributed by atoms with van der Waals surface area (Å²) < 4.78 is 0. The van der Waals surface area contributed by atoms with E-state index in [4.69, 9.17) is 5.11 Å². The van der Waals surface area contributed by atoms with Crippen LogP contribution in [0.4, 0.5) is 0 Å². The fraction of sp³-hybridized carbons (Fsp3) is 0.667. The first-order valence-electron chi connectivity index (χ1n) is 6.26. The molecule has 0 saturated heterocycles. The van der Waals surface area contributed by atoms with Crippen LogP contribution in [0.25, 0.3) is 0 Å². The van der Waals surface area contributed by atoms with E-state index in [1.807, 2.05) is 6.92 Å². The summed E-state index contributed by atoms with van der Waals surface area (Å²) in [4.78, 5) is 44.6. The van der Waals surface area contributed by atoms with Crippen LogP contribution >= 0.6 is 0 Å². The smallest absolute Gasteiger partial charge is 0.329 e. The summed E-state index contributed by atoms with van der Waals surface area (Å²) in [6, 6.07) is 0. The minimum Gasteiger partial charge on any atom is -0.480 e. The first kappa shape index (κ1) is 17.9. The lowest BCUT2D eigenvalue weighted by molar-refractivity contribution is -0.147. The number of hydrogen-bond donors (Lipinski definition) is 4. The molecule has 0 aliphatic heterocycles. The van der Waals surface area contributed by atoms with Crippen molar-refractivity contribution in [2.24, 2.45) is 0 Å². The molecule has 8 nitrogen and oxygen atoms in total. The maximum atomic E-state index is 11.6. The molecule has 0 aliphatic carbocycles. The highest BCUT2D eigenvalue weighted by atomic mass is 16.4. The highest BCUT2D eigenvalue weighted by molar-refractivity contribution is 5.90. The third-order valence-electron chi connectivity index (χ3n) is 2.58. The number of nitrogens with one attached hydrogen (secondary N) is 3. The Labute approximate surface area is 117 Å².